The van der Waals surface area contributed by atoms with E-state index >= 15 is 0 Å². The summed E-state index contributed by atoms with van der Waals surface area (Å²) in [5, 5.41) is 0. The zero-order chi connectivity index (χ0) is 0. The monoisotopic (exact) mass is 216 g/mol. The fraction of sp³-hybridized carbons (Fsp3) is 0. The molecule has 0 saturated heterocycles. The van der Waals surface area contributed by atoms with Crippen LogP contribution in [-0.4, -0.2) is 10.1 Å². The van der Waals surface area contributed by atoms with Gasteiger partial charge >= 0.3 is 10.1 Å². The minimum atomic E-state index is 0. The molecule has 0 aliphatic heterocycles. The maximum absolute atomic E-state index is 0. The number of hydrogen-bond donors (Lipinski definition) is 0. The van der Waals surface area contributed by atoms with Crippen LogP contribution in [0.1, 0.15) is 2.85 Å². The molecule has 0 N–H and O–H groups in total. The van der Waals surface area contributed by atoms with E-state index in [1.807, 2.05) is 0 Å². The summed E-state index contributed by atoms with van der Waals surface area (Å²) in [6.07, 6.45) is 0. The van der Waals surface area contributed by atoms with Crippen LogP contribution in [0.3, 0.4) is 0 Å². The molecule has 0 fully saturated rings. The Labute approximate surface area is 73.0 Å². The van der Waals surface area contributed by atoms with Gasteiger partial charge in [0.1, 0.15) is 0 Å². The van der Waals surface area contributed by atoms with Crippen LogP contribution in [0.15, 0.2) is 0 Å². The number of hydrogen-bond acceptors (Lipinski definition) is 0. The molecule has 0 aliphatic carbocycles. The fourth-order valence-corrected chi connectivity index (χ4v) is 0. The molecular weight excluding hydrogens is 216 g/mol. The Morgan fingerprint density at radius 3 is 1.25 bits per heavy atom. The molecule has 0 bridgehead atoms. The van der Waals surface area contributed by atoms with Gasteiger partial charge in [0.2, 0.25) is 0 Å². The second kappa shape index (κ2) is 19.4. The average Bonchev–Trinajstić information content (AvgIpc) is 0. The summed E-state index contributed by atoms with van der Waals surface area (Å²) in [5.41, 5.74) is 0. The molecule has 0 aromatic rings. The second-order valence-electron chi connectivity index (χ2n) is 0. The third-order valence-corrected chi connectivity index (χ3v) is 0. The Balaban J connectivity index is 0. The van der Waals surface area contributed by atoms with Crippen LogP contribution < -0.4 is 0 Å². The summed E-state index contributed by atoms with van der Waals surface area (Å²) in [6, 6.07) is 0. The maximum atomic E-state index is 0. The molecular formula is H2BeCrCuZr. The first-order valence-electron chi connectivity index (χ1n) is 0. The molecule has 0 aliphatic rings. The van der Waals surface area contributed by atoms with Crippen molar-refractivity contribution in [2.24, 2.45) is 0 Å². The van der Waals surface area contributed by atoms with Crippen LogP contribution in [0.2, 0.25) is 0 Å². The Morgan fingerprint density at radius 2 is 1.25 bits per heavy atom. The third-order valence-electron chi connectivity index (χ3n) is 0. The molecule has 0 spiro atoms. The van der Waals surface area contributed by atoms with Crippen molar-refractivity contribution in [3.05, 3.63) is 0 Å². The Morgan fingerprint density at radius 1 is 1.25 bits per heavy atom. The van der Waals surface area contributed by atoms with E-state index in [-0.39, 0.29) is 73.6 Å². The number of rotatable bonds is 0. The second-order valence-corrected chi connectivity index (χ2v) is 0. The van der Waals surface area contributed by atoms with Gasteiger partial charge in [-0.3, -0.25) is 0 Å². The standard InChI is InChI=1S/Be.Cr.Cu.Zr.2H/q+2;;;;2*-1. The van der Waals surface area contributed by atoms with Crippen molar-refractivity contribution in [3.8, 4) is 0 Å². The van der Waals surface area contributed by atoms with Gasteiger partial charge in [-0.2, -0.15) is 0 Å². The molecule has 0 saturated carbocycles. The Kier molecular flexibility index (Phi) is 174. The van der Waals surface area contributed by atoms with Gasteiger partial charge in [0.25, 0.3) is 0 Å². The molecule has 25 valence electrons. The van der Waals surface area contributed by atoms with E-state index in [0.717, 1.165) is 0 Å². The fourth-order valence-electron chi connectivity index (χ4n) is 0. The van der Waals surface area contributed by atoms with Crippen LogP contribution in [-0.2, 0) is 60.6 Å². The Hall–Kier alpha value is 2.10. The van der Waals surface area contributed by atoms with Crippen LogP contribution >= 0.6 is 0 Å². The van der Waals surface area contributed by atoms with E-state index in [1.54, 1.807) is 0 Å². The summed E-state index contributed by atoms with van der Waals surface area (Å²) in [4.78, 5) is 0. The average molecular weight is 218 g/mol. The van der Waals surface area contributed by atoms with Gasteiger partial charge in [-0.15, -0.1) is 0 Å². The van der Waals surface area contributed by atoms with Gasteiger partial charge in [0, 0.05) is 60.6 Å². The van der Waals surface area contributed by atoms with E-state index < -0.39 is 0 Å². The van der Waals surface area contributed by atoms with E-state index in [2.05, 4.69) is 0 Å². The van der Waals surface area contributed by atoms with Crippen molar-refractivity contribution < 1.29 is 63.5 Å². The Bertz CT molecular complexity index is 13.5. The van der Waals surface area contributed by atoms with E-state index in [1.165, 1.54) is 0 Å². The van der Waals surface area contributed by atoms with Crippen LogP contribution in [0.25, 0.3) is 0 Å². The van der Waals surface area contributed by atoms with Crippen molar-refractivity contribution >= 4 is 10.1 Å². The minimum absolute atomic E-state index is 0. The molecule has 0 nitrogen and oxygen atoms in total. The molecule has 0 aromatic heterocycles. The summed E-state index contributed by atoms with van der Waals surface area (Å²) in [5.74, 6) is 0. The molecule has 0 aromatic carbocycles. The van der Waals surface area contributed by atoms with Crippen LogP contribution in [0, 0.1) is 0 Å². The van der Waals surface area contributed by atoms with Gasteiger partial charge in [0.05, 0.1) is 0 Å². The smallest absolute Gasteiger partial charge is 1.00 e. The first-order valence-corrected chi connectivity index (χ1v) is 0. The van der Waals surface area contributed by atoms with Crippen molar-refractivity contribution in [3.63, 3.8) is 0 Å². The minimum Gasteiger partial charge on any atom is -1.00 e. The first-order chi connectivity index (χ1) is 0. The predicted molar refractivity (Wildman–Crippen MR) is 7.98 cm³/mol. The molecule has 4 heteroatoms. The van der Waals surface area contributed by atoms with Gasteiger partial charge < -0.3 is 2.85 Å². The molecule has 4 heavy (non-hydrogen) atoms. The van der Waals surface area contributed by atoms with Gasteiger partial charge in [0.15, 0.2) is 0 Å². The van der Waals surface area contributed by atoms with Crippen LogP contribution in [0.4, 0.5) is 0 Å². The normalized spacial score (nSPS) is 0. The first kappa shape index (κ1) is 35.9. The van der Waals surface area contributed by atoms with Crippen molar-refractivity contribution in [1.82, 2.24) is 0 Å². The van der Waals surface area contributed by atoms with E-state index in [4.69, 9.17) is 0 Å². The molecule has 0 unspecified atom stereocenters. The zero-order valence-corrected chi connectivity index (χ0v) is 6.59. The largest absolute Gasteiger partial charge is 2.00 e. The maximum Gasteiger partial charge on any atom is 2.00 e. The summed E-state index contributed by atoms with van der Waals surface area (Å²) < 4.78 is 0. The van der Waals surface area contributed by atoms with Gasteiger partial charge in [-0.25, -0.2) is 0 Å². The summed E-state index contributed by atoms with van der Waals surface area (Å²) in [6.45, 7) is 0. The zero-order valence-electron chi connectivity index (χ0n) is 3.92. The summed E-state index contributed by atoms with van der Waals surface area (Å²) >= 11 is 0. The molecule has 0 rings (SSSR count). The SMILES string of the molecule is [Be+2].[Cr].[Cu].[H-].[H-].[Zr]. The third kappa shape index (κ3) is 8.93. The van der Waals surface area contributed by atoms with Crippen molar-refractivity contribution in [2.45, 2.75) is 0 Å². The molecule has 0 heterocycles. The van der Waals surface area contributed by atoms with Gasteiger partial charge in [-0.1, -0.05) is 0 Å². The topological polar surface area (TPSA) is 0 Å². The van der Waals surface area contributed by atoms with E-state index in [9.17, 15) is 0 Å². The molecule has 1 radical (unpaired) electrons. The van der Waals surface area contributed by atoms with E-state index in [0.29, 0.717) is 0 Å². The molecule has 0 amide bonds. The quantitative estimate of drug-likeness (QED) is 0.495. The summed E-state index contributed by atoms with van der Waals surface area (Å²) in [7, 11) is 0. The van der Waals surface area contributed by atoms with Gasteiger partial charge in [-0.05, 0) is 0 Å². The van der Waals surface area contributed by atoms with Crippen molar-refractivity contribution in [2.75, 3.05) is 0 Å². The van der Waals surface area contributed by atoms with Crippen molar-refractivity contribution in [1.29, 1.82) is 0 Å². The predicted octanol–water partition coefficient (Wildman–Crippen LogP) is -0.163. The van der Waals surface area contributed by atoms with Crippen LogP contribution in [0.5, 0.6) is 0 Å². The molecule has 0 atom stereocenters.